The topological polar surface area (TPSA) is 61.7 Å². The lowest BCUT2D eigenvalue weighted by molar-refractivity contribution is 0.0526. The van der Waals surface area contributed by atoms with Crippen molar-refractivity contribution >= 4 is 23.0 Å². The molecule has 0 spiro atoms. The van der Waals surface area contributed by atoms with Crippen molar-refractivity contribution < 1.29 is 14.1 Å². The van der Waals surface area contributed by atoms with E-state index in [4.69, 9.17) is 4.74 Å². The number of esters is 1. The second kappa shape index (κ2) is 7.49. The third kappa shape index (κ3) is 4.58. The van der Waals surface area contributed by atoms with E-state index in [2.05, 4.69) is 4.40 Å². The van der Waals surface area contributed by atoms with Gasteiger partial charge < -0.3 is 9.29 Å². The second-order valence-electron chi connectivity index (χ2n) is 6.76. The Hall–Kier alpha value is -1.33. The van der Waals surface area contributed by atoms with Crippen LogP contribution in [-0.2, 0) is 16.1 Å². The molecular formula is C18H25NO3S. The van der Waals surface area contributed by atoms with Crippen molar-refractivity contribution in [2.24, 2.45) is 10.3 Å². The molecule has 1 aliphatic carbocycles. The summed E-state index contributed by atoms with van der Waals surface area (Å²) in [6, 6.07) is 7.26. The Labute approximate surface area is 141 Å². The Bertz CT molecular complexity index is 571. The molecule has 0 aromatic heterocycles. The molecule has 126 valence electrons. The Balaban J connectivity index is 2.26. The summed E-state index contributed by atoms with van der Waals surface area (Å²) < 4.78 is 21.6. The molecule has 1 fully saturated rings. The summed E-state index contributed by atoms with van der Waals surface area (Å²) in [5.41, 5.74) is 2.38. The average molecular weight is 335 g/mol. The van der Waals surface area contributed by atoms with Gasteiger partial charge in [-0.25, -0.2) is 4.79 Å². The van der Waals surface area contributed by atoms with E-state index in [0.29, 0.717) is 18.1 Å². The van der Waals surface area contributed by atoms with Crippen LogP contribution < -0.4 is 0 Å². The van der Waals surface area contributed by atoms with Crippen molar-refractivity contribution in [3.63, 3.8) is 0 Å². The van der Waals surface area contributed by atoms with Crippen molar-refractivity contribution in [3.8, 4) is 0 Å². The summed E-state index contributed by atoms with van der Waals surface area (Å²) in [5.74, 6) is 0.0502. The molecule has 23 heavy (non-hydrogen) atoms. The fourth-order valence-electron chi connectivity index (χ4n) is 2.26. The van der Waals surface area contributed by atoms with Gasteiger partial charge in [-0.1, -0.05) is 23.0 Å². The Morgan fingerprint density at radius 1 is 1.26 bits per heavy atom. The highest BCUT2D eigenvalue weighted by molar-refractivity contribution is 7.91. The van der Waals surface area contributed by atoms with E-state index in [1.807, 2.05) is 32.9 Å². The van der Waals surface area contributed by atoms with Crippen LogP contribution in [0.4, 0.5) is 0 Å². The van der Waals surface area contributed by atoms with E-state index in [0.717, 1.165) is 24.1 Å². The molecule has 2 rings (SSSR count). The molecule has 1 saturated carbocycles. The van der Waals surface area contributed by atoms with Gasteiger partial charge in [-0.3, -0.25) is 0 Å². The lowest BCUT2D eigenvalue weighted by Crippen LogP contribution is -2.30. The van der Waals surface area contributed by atoms with Gasteiger partial charge in [-0.15, -0.1) is 0 Å². The first-order valence-corrected chi connectivity index (χ1v) is 9.21. The van der Waals surface area contributed by atoms with Crippen molar-refractivity contribution in [2.45, 2.75) is 51.7 Å². The Morgan fingerprint density at radius 3 is 2.26 bits per heavy atom. The van der Waals surface area contributed by atoms with Crippen LogP contribution in [0.2, 0.25) is 0 Å². The standard InChI is InChI=1S/C18H25NO3S/c1-5-22-17(20)15-11-9-14(10-12-15)16(13-7-6-8-13)19-23(21)18(2,3)4/h9-13H,5-8H2,1-4H3/b19-16+. The smallest absolute Gasteiger partial charge is 0.338 e. The quantitative estimate of drug-likeness (QED) is 0.465. The van der Waals surface area contributed by atoms with Gasteiger partial charge >= 0.3 is 5.97 Å². The van der Waals surface area contributed by atoms with Crippen LogP contribution in [0.1, 0.15) is 62.9 Å². The minimum absolute atomic E-state index is 0.320. The van der Waals surface area contributed by atoms with Gasteiger partial charge in [0.1, 0.15) is 21.8 Å². The molecule has 0 radical (unpaired) electrons. The number of nitrogens with zero attached hydrogens (tertiary/aromatic N) is 1. The lowest BCUT2D eigenvalue weighted by atomic mass is 9.79. The molecule has 1 aliphatic rings. The van der Waals surface area contributed by atoms with E-state index >= 15 is 0 Å². The second-order valence-corrected chi connectivity index (χ2v) is 8.67. The summed E-state index contributed by atoms with van der Waals surface area (Å²) in [6.07, 6.45) is 3.35. The third-order valence-electron chi connectivity index (χ3n) is 3.89. The maximum atomic E-state index is 12.4. The molecule has 5 heteroatoms. The van der Waals surface area contributed by atoms with Crippen LogP contribution in [0.3, 0.4) is 0 Å². The monoisotopic (exact) mass is 335 g/mol. The first kappa shape index (κ1) is 18.0. The minimum atomic E-state index is -1.28. The zero-order valence-corrected chi connectivity index (χ0v) is 15.1. The fourth-order valence-corrected chi connectivity index (χ4v) is 2.97. The van der Waals surface area contributed by atoms with Crippen LogP contribution in [0, 0.1) is 5.92 Å². The zero-order chi connectivity index (χ0) is 17.0. The van der Waals surface area contributed by atoms with Gasteiger partial charge in [0.2, 0.25) is 0 Å². The molecule has 0 saturated heterocycles. The molecule has 0 bridgehead atoms. The van der Waals surface area contributed by atoms with Crippen molar-refractivity contribution in [1.82, 2.24) is 0 Å². The molecule has 1 atom stereocenters. The molecule has 0 heterocycles. The normalized spacial score (nSPS) is 17.5. The summed E-state index contributed by atoms with van der Waals surface area (Å²) in [4.78, 5) is 11.7. The van der Waals surface area contributed by atoms with Crippen LogP contribution in [0.5, 0.6) is 0 Å². The van der Waals surface area contributed by atoms with Crippen LogP contribution in [0.25, 0.3) is 0 Å². The van der Waals surface area contributed by atoms with Gasteiger partial charge in [0.05, 0.1) is 12.2 Å². The first-order valence-electron chi connectivity index (χ1n) is 8.11. The van der Waals surface area contributed by atoms with E-state index in [1.54, 1.807) is 19.1 Å². The highest BCUT2D eigenvalue weighted by atomic mass is 32.2. The van der Waals surface area contributed by atoms with E-state index in [9.17, 15) is 9.35 Å². The summed E-state index contributed by atoms with van der Waals surface area (Å²) in [5, 5.41) is 0. The van der Waals surface area contributed by atoms with Gasteiger partial charge in [-0.05, 0) is 52.7 Å². The van der Waals surface area contributed by atoms with Crippen LogP contribution in [0.15, 0.2) is 28.7 Å². The largest absolute Gasteiger partial charge is 0.591 e. The van der Waals surface area contributed by atoms with Crippen LogP contribution in [-0.4, -0.2) is 27.6 Å². The molecule has 1 unspecified atom stereocenters. The minimum Gasteiger partial charge on any atom is -0.591 e. The average Bonchev–Trinajstić information content (AvgIpc) is 2.44. The predicted molar refractivity (Wildman–Crippen MR) is 94.2 cm³/mol. The lowest BCUT2D eigenvalue weighted by Gasteiger charge is -2.28. The molecule has 1 aromatic carbocycles. The van der Waals surface area contributed by atoms with Gasteiger partial charge in [0.15, 0.2) is 0 Å². The molecule has 0 amide bonds. The third-order valence-corrected chi connectivity index (χ3v) is 5.30. The summed E-state index contributed by atoms with van der Waals surface area (Å²) in [7, 11) is 0. The molecule has 1 aromatic rings. The maximum absolute atomic E-state index is 12.4. The van der Waals surface area contributed by atoms with Gasteiger partial charge in [-0.2, -0.15) is 0 Å². The molecule has 0 N–H and O–H groups in total. The highest BCUT2D eigenvalue weighted by Crippen LogP contribution is 2.32. The van der Waals surface area contributed by atoms with E-state index < -0.39 is 11.4 Å². The number of hydrogen-bond acceptors (Lipinski definition) is 4. The summed E-state index contributed by atoms with van der Waals surface area (Å²) in [6.45, 7) is 7.92. The van der Waals surface area contributed by atoms with Crippen molar-refractivity contribution in [2.75, 3.05) is 6.61 Å². The van der Waals surface area contributed by atoms with Gasteiger partial charge in [0, 0.05) is 11.5 Å². The molecule has 4 nitrogen and oxygen atoms in total. The number of carbonyl (C=O) groups excluding carboxylic acids is 1. The van der Waals surface area contributed by atoms with Crippen molar-refractivity contribution in [1.29, 1.82) is 0 Å². The number of hydrogen-bond donors (Lipinski definition) is 0. The van der Waals surface area contributed by atoms with Crippen molar-refractivity contribution in [3.05, 3.63) is 35.4 Å². The number of benzene rings is 1. The van der Waals surface area contributed by atoms with E-state index in [1.165, 1.54) is 6.42 Å². The zero-order valence-electron chi connectivity index (χ0n) is 14.3. The number of ether oxygens (including phenoxy) is 1. The fraction of sp³-hybridized carbons (Fsp3) is 0.556. The highest BCUT2D eigenvalue weighted by Gasteiger charge is 2.31. The van der Waals surface area contributed by atoms with Crippen LogP contribution >= 0.6 is 0 Å². The first-order chi connectivity index (χ1) is 10.8. The molecular weight excluding hydrogens is 310 g/mol. The summed E-state index contributed by atoms with van der Waals surface area (Å²) >= 11 is -1.28. The maximum Gasteiger partial charge on any atom is 0.338 e. The number of carbonyl (C=O) groups is 1. The predicted octanol–water partition coefficient (Wildman–Crippen LogP) is 3.91. The Kier molecular flexibility index (Phi) is 5.87. The Morgan fingerprint density at radius 2 is 1.83 bits per heavy atom. The number of rotatable bonds is 5. The van der Waals surface area contributed by atoms with E-state index in [-0.39, 0.29) is 10.7 Å². The van der Waals surface area contributed by atoms with Gasteiger partial charge in [0.25, 0.3) is 0 Å². The SMILES string of the molecule is CCOC(=O)c1ccc(/C(=N/[S+]([O-])C(C)(C)C)C2CCC2)cc1. The molecule has 0 aliphatic heterocycles.